The van der Waals surface area contributed by atoms with Crippen LogP contribution in [0.4, 0.5) is 5.13 Å². The van der Waals surface area contributed by atoms with Crippen LogP contribution in [0, 0.1) is 0 Å². The molecule has 2 N–H and O–H groups in total. The molecule has 20 heavy (non-hydrogen) atoms. The molecule has 2 rings (SSSR count). The number of aryl methyl sites for hydroxylation is 1. The number of nitrogens with one attached hydrogen (secondary N) is 2. The number of aromatic nitrogens is 2. The summed E-state index contributed by atoms with van der Waals surface area (Å²) >= 11 is 1.39. The molecule has 1 amide bonds. The van der Waals surface area contributed by atoms with E-state index in [2.05, 4.69) is 15.6 Å². The number of carbonyl (C=O) groups is 1. The van der Waals surface area contributed by atoms with Gasteiger partial charge in [-0.2, -0.15) is 0 Å². The van der Waals surface area contributed by atoms with Gasteiger partial charge in [-0.05, 0) is 12.5 Å². The van der Waals surface area contributed by atoms with Gasteiger partial charge in [0.05, 0.1) is 0 Å². The lowest BCUT2D eigenvalue weighted by Gasteiger charge is -2.05. The zero-order chi connectivity index (χ0) is 14.4. The Kier molecular flexibility index (Phi) is 4.89. The summed E-state index contributed by atoms with van der Waals surface area (Å²) in [5.74, 6) is -0.192. The molecule has 0 aliphatic rings. The molecular formula is C13H16N4O2S. The van der Waals surface area contributed by atoms with Gasteiger partial charge in [0.15, 0.2) is 5.13 Å². The van der Waals surface area contributed by atoms with Gasteiger partial charge < -0.3 is 15.2 Å². The van der Waals surface area contributed by atoms with Crippen molar-refractivity contribution < 1.29 is 4.79 Å². The molecule has 0 bridgehead atoms. The third-order valence-corrected chi connectivity index (χ3v) is 3.57. The number of hydrogen-bond acceptors (Lipinski definition) is 5. The van der Waals surface area contributed by atoms with Crippen LogP contribution >= 0.6 is 11.3 Å². The molecule has 0 unspecified atom stereocenters. The Morgan fingerprint density at radius 2 is 2.30 bits per heavy atom. The molecule has 0 aromatic carbocycles. The van der Waals surface area contributed by atoms with Gasteiger partial charge in [-0.25, -0.2) is 4.98 Å². The lowest BCUT2D eigenvalue weighted by molar-refractivity contribution is 0.0948. The normalized spacial score (nSPS) is 10.2. The van der Waals surface area contributed by atoms with Crippen molar-refractivity contribution >= 4 is 22.4 Å². The van der Waals surface area contributed by atoms with E-state index >= 15 is 0 Å². The first-order valence-electron chi connectivity index (χ1n) is 6.27. The monoisotopic (exact) mass is 292 g/mol. The highest BCUT2D eigenvalue weighted by Crippen LogP contribution is 2.13. The summed E-state index contributed by atoms with van der Waals surface area (Å²) in [7, 11) is 1.76. The summed E-state index contributed by atoms with van der Waals surface area (Å²) in [6.07, 6.45) is 2.43. The third-order valence-electron chi connectivity index (χ3n) is 2.71. The van der Waals surface area contributed by atoms with Crippen LogP contribution in [0.5, 0.6) is 0 Å². The van der Waals surface area contributed by atoms with Gasteiger partial charge >= 0.3 is 0 Å². The lowest BCUT2D eigenvalue weighted by atomic mass is 10.3. The largest absolute Gasteiger partial charge is 0.365 e. The summed E-state index contributed by atoms with van der Waals surface area (Å²) in [5.41, 5.74) is 0.383. The highest BCUT2D eigenvalue weighted by atomic mass is 32.1. The van der Waals surface area contributed by atoms with E-state index in [4.69, 9.17) is 0 Å². The Morgan fingerprint density at radius 1 is 1.45 bits per heavy atom. The molecule has 7 heteroatoms. The molecule has 0 saturated heterocycles. The molecule has 0 fully saturated rings. The number of carbonyl (C=O) groups excluding carboxylic acids is 1. The SMILES string of the molecule is CNc1nc(C(=O)NCCCn2ccccc2=O)cs1. The number of anilines is 1. The predicted octanol–water partition coefficient (Wildman–Crippen LogP) is 1.17. The number of hydrogen-bond donors (Lipinski definition) is 2. The molecule has 106 valence electrons. The van der Waals surface area contributed by atoms with E-state index in [1.54, 1.807) is 29.3 Å². The van der Waals surface area contributed by atoms with Crippen LogP contribution in [0.3, 0.4) is 0 Å². The van der Waals surface area contributed by atoms with Gasteiger partial charge in [-0.1, -0.05) is 6.07 Å². The van der Waals surface area contributed by atoms with Gasteiger partial charge in [0, 0.05) is 37.8 Å². The second-order valence-electron chi connectivity index (χ2n) is 4.13. The Hall–Kier alpha value is -2.15. The van der Waals surface area contributed by atoms with E-state index in [0.29, 0.717) is 30.3 Å². The number of thiazole rings is 1. The fraction of sp³-hybridized carbons (Fsp3) is 0.308. The third kappa shape index (κ3) is 3.67. The summed E-state index contributed by atoms with van der Waals surface area (Å²) in [4.78, 5) is 27.4. The Labute approximate surface area is 120 Å². The lowest BCUT2D eigenvalue weighted by Crippen LogP contribution is -2.27. The molecule has 2 heterocycles. The minimum absolute atomic E-state index is 0.0306. The topological polar surface area (TPSA) is 76.0 Å². The predicted molar refractivity (Wildman–Crippen MR) is 79.3 cm³/mol. The zero-order valence-electron chi connectivity index (χ0n) is 11.1. The van der Waals surface area contributed by atoms with Crippen molar-refractivity contribution in [3.63, 3.8) is 0 Å². The van der Waals surface area contributed by atoms with E-state index in [9.17, 15) is 9.59 Å². The molecule has 2 aromatic heterocycles. The quantitative estimate of drug-likeness (QED) is 0.784. The Balaban J connectivity index is 1.77. The molecule has 0 aliphatic carbocycles. The maximum atomic E-state index is 11.8. The average molecular weight is 292 g/mol. The van der Waals surface area contributed by atoms with Crippen LogP contribution in [-0.2, 0) is 6.54 Å². The van der Waals surface area contributed by atoms with E-state index in [-0.39, 0.29) is 11.5 Å². The number of amides is 1. The maximum absolute atomic E-state index is 11.8. The first-order chi connectivity index (χ1) is 9.70. The number of rotatable bonds is 6. The van der Waals surface area contributed by atoms with Gasteiger partial charge in [0.25, 0.3) is 5.91 Å². The minimum atomic E-state index is -0.192. The first kappa shape index (κ1) is 14.3. The first-order valence-corrected chi connectivity index (χ1v) is 7.15. The van der Waals surface area contributed by atoms with Crippen molar-refractivity contribution in [1.82, 2.24) is 14.9 Å². The summed E-state index contributed by atoms with van der Waals surface area (Å²) < 4.78 is 1.62. The van der Waals surface area contributed by atoms with Crippen LogP contribution in [0.25, 0.3) is 0 Å². The second kappa shape index (κ2) is 6.85. The van der Waals surface area contributed by atoms with Gasteiger partial charge in [0.2, 0.25) is 5.56 Å². The van der Waals surface area contributed by atoms with Gasteiger partial charge in [-0.15, -0.1) is 11.3 Å². The summed E-state index contributed by atoms with van der Waals surface area (Å²) in [5, 5.41) is 8.10. The Morgan fingerprint density at radius 3 is 3.00 bits per heavy atom. The van der Waals surface area contributed by atoms with Crippen LogP contribution in [0.1, 0.15) is 16.9 Å². The fourth-order valence-electron chi connectivity index (χ4n) is 1.68. The molecule has 2 aromatic rings. The standard InChI is InChI=1S/C13H16N4O2S/c1-14-13-16-10(9-20-13)12(19)15-6-4-8-17-7-3-2-5-11(17)18/h2-3,5,7,9H,4,6,8H2,1H3,(H,14,16)(H,15,19). The molecule has 0 saturated carbocycles. The number of pyridine rings is 1. The number of nitrogens with zero attached hydrogens (tertiary/aromatic N) is 2. The molecule has 6 nitrogen and oxygen atoms in total. The highest BCUT2D eigenvalue weighted by Gasteiger charge is 2.09. The van der Waals surface area contributed by atoms with Crippen molar-refractivity contribution in [2.24, 2.45) is 0 Å². The van der Waals surface area contributed by atoms with Gasteiger partial charge in [0.1, 0.15) is 5.69 Å². The minimum Gasteiger partial charge on any atom is -0.365 e. The summed E-state index contributed by atoms with van der Waals surface area (Å²) in [6.45, 7) is 1.09. The van der Waals surface area contributed by atoms with Crippen LogP contribution in [0.2, 0.25) is 0 Å². The smallest absolute Gasteiger partial charge is 0.270 e. The van der Waals surface area contributed by atoms with Crippen molar-refractivity contribution in [3.8, 4) is 0 Å². The summed E-state index contributed by atoms with van der Waals surface area (Å²) in [6, 6.07) is 5.05. The van der Waals surface area contributed by atoms with Gasteiger partial charge in [-0.3, -0.25) is 9.59 Å². The van der Waals surface area contributed by atoms with Crippen molar-refractivity contribution in [3.05, 3.63) is 45.8 Å². The second-order valence-corrected chi connectivity index (χ2v) is 4.99. The van der Waals surface area contributed by atoms with Crippen LogP contribution in [0.15, 0.2) is 34.6 Å². The Bertz CT molecular complexity index is 635. The fourth-order valence-corrected chi connectivity index (χ4v) is 2.33. The molecule has 0 aliphatic heterocycles. The van der Waals surface area contributed by atoms with Crippen LogP contribution in [-0.4, -0.2) is 29.1 Å². The molecule has 0 radical (unpaired) electrons. The molecule has 0 atom stereocenters. The van der Waals surface area contributed by atoms with Crippen molar-refractivity contribution in [2.75, 3.05) is 18.9 Å². The highest BCUT2D eigenvalue weighted by molar-refractivity contribution is 7.13. The molecule has 0 spiro atoms. The molecular weight excluding hydrogens is 276 g/mol. The van der Waals surface area contributed by atoms with E-state index in [1.165, 1.54) is 17.4 Å². The maximum Gasteiger partial charge on any atom is 0.270 e. The van der Waals surface area contributed by atoms with Crippen LogP contribution < -0.4 is 16.2 Å². The van der Waals surface area contributed by atoms with Crippen molar-refractivity contribution in [1.29, 1.82) is 0 Å². The van der Waals surface area contributed by atoms with Crippen molar-refractivity contribution in [2.45, 2.75) is 13.0 Å². The average Bonchev–Trinajstić information content (AvgIpc) is 2.94. The van der Waals surface area contributed by atoms with E-state index in [0.717, 1.165) is 0 Å². The van der Waals surface area contributed by atoms with E-state index in [1.807, 2.05) is 6.07 Å². The van der Waals surface area contributed by atoms with E-state index < -0.39 is 0 Å². The zero-order valence-corrected chi connectivity index (χ0v) is 11.9.